The summed E-state index contributed by atoms with van der Waals surface area (Å²) in [5, 5.41) is 13.0. The Morgan fingerprint density at radius 3 is 2.58 bits per heavy atom. The van der Waals surface area contributed by atoms with Crippen LogP contribution in [0.1, 0.15) is 33.1 Å². The van der Waals surface area contributed by atoms with E-state index in [0.717, 1.165) is 13.0 Å². The number of hydrogen-bond acceptors (Lipinski definition) is 2. The van der Waals surface area contributed by atoms with Gasteiger partial charge in [-0.15, -0.1) is 0 Å². The summed E-state index contributed by atoms with van der Waals surface area (Å²) in [6.07, 6.45) is 3.54. The third-order valence-electron chi connectivity index (χ3n) is 3.52. The van der Waals surface area contributed by atoms with Crippen molar-refractivity contribution < 1.29 is 5.11 Å². The maximum atomic E-state index is 9.53. The van der Waals surface area contributed by atoms with Gasteiger partial charge in [-0.2, -0.15) is 0 Å². The molecule has 2 heteroatoms. The van der Waals surface area contributed by atoms with Gasteiger partial charge in [0.1, 0.15) is 0 Å². The van der Waals surface area contributed by atoms with Gasteiger partial charge < -0.3 is 10.4 Å². The van der Waals surface area contributed by atoms with Gasteiger partial charge in [-0.3, -0.25) is 0 Å². The second kappa shape index (κ2) is 2.71. The van der Waals surface area contributed by atoms with Crippen molar-refractivity contribution in [2.24, 2.45) is 11.8 Å². The van der Waals surface area contributed by atoms with Gasteiger partial charge in [0.25, 0.3) is 0 Å². The molecular weight excluding hydrogens is 150 g/mol. The van der Waals surface area contributed by atoms with Crippen molar-refractivity contribution in [3.05, 3.63) is 0 Å². The molecule has 2 aliphatic rings. The van der Waals surface area contributed by atoms with Crippen LogP contribution < -0.4 is 5.32 Å². The van der Waals surface area contributed by atoms with Crippen molar-refractivity contribution in [3.63, 3.8) is 0 Å². The average molecular weight is 169 g/mol. The fourth-order valence-corrected chi connectivity index (χ4v) is 2.65. The first-order valence-electron chi connectivity index (χ1n) is 5.07. The van der Waals surface area contributed by atoms with E-state index in [2.05, 4.69) is 19.2 Å². The Morgan fingerprint density at radius 2 is 2.08 bits per heavy atom. The Labute approximate surface area is 74.4 Å². The molecule has 2 N–H and O–H groups in total. The summed E-state index contributed by atoms with van der Waals surface area (Å²) in [4.78, 5) is 0. The monoisotopic (exact) mass is 169 g/mol. The first kappa shape index (κ1) is 8.52. The smallest absolute Gasteiger partial charge is 0.0668 e. The Morgan fingerprint density at radius 1 is 1.42 bits per heavy atom. The summed E-state index contributed by atoms with van der Waals surface area (Å²) in [6, 6.07) is 0. The van der Waals surface area contributed by atoms with Gasteiger partial charge in [0.05, 0.1) is 6.10 Å². The van der Waals surface area contributed by atoms with Gasteiger partial charge in [-0.1, -0.05) is 13.8 Å². The average Bonchev–Trinajstić information content (AvgIpc) is 2.76. The normalized spacial score (nSPS) is 39.0. The molecule has 0 amide bonds. The number of piperidine rings is 1. The highest BCUT2D eigenvalue weighted by Gasteiger charge is 2.52. The molecular formula is C10H19NO. The van der Waals surface area contributed by atoms with E-state index in [0.29, 0.717) is 17.4 Å². The SMILES string of the molecule is CC(C)C1CC(O)CNC12CC2. The minimum absolute atomic E-state index is 0.108. The number of nitrogens with one attached hydrogen (secondary N) is 1. The zero-order valence-electron chi connectivity index (χ0n) is 8.01. The predicted molar refractivity (Wildman–Crippen MR) is 48.9 cm³/mol. The highest BCUT2D eigenvalue weighted by atomic mass is 16.3. The van der Waals surface area contributed by atoms with E-state index in [9.17, 15) is 5.11 Å². The zero-order valence-corrected chi connectivity index (χ0v) is 8.01. The van der Waals surface area contributed by atoms with Crippen LogP contribution in [0.4, 0.5) is 0 Å². The maximum absolute atomic E-state index is 9.53. The van der Waals surface area contributed by atoms with Crippen LogP contribution in [0.2, 0.25) is 0 Å². The van der Waals surface area contributed by atoms with E-state index >= 15 is 0 Å². The predicted octanol–water partition coefficient (Wildman–Crippen LogP) is 1.15. The van der Waals surface area contributed by atoms with Gasteiger partial charge in [0, 0.05) is 12.1 Å². The van der Waals surface area contributed by atoms with E-state index < -0.39 is 0 Å². The fourth-order valence-electron chi connectivity index (χ4n) is 2.65. The van der Waals surface area contributed by atoms with E-state index in [1.165, 1.54) is 12.8 Å². The lowest BCUT2D eigenvalue weighted by Gasteiger charge is -2.38. The highest BCUT2D eigenvalue weighted by molar-refractivity contribution is 5.10. The number of β-amino-alcohol motifs (C(OH)–C–C–N with tert-alkyl or cyclic N) is 1. The van der Waals surface area contributed by atoms with Crippen LogP contribution in [0, 0.1) is 11.8 Å². The van der Waals surface area contributed by atoms with Crippen LogP contribution in [-0.2, 0) is 0 Å². The molecule has 1 aliphatic heterocycles. The van der Waals surface area contributed by atoms with Crippen molar-refractivity contribution in [2.75, 3.05) is 6.54 Å². The van der Waals surface area contributed by atoms with Crippen LogP contribution in [0.25, 0.3) is 0 Å². The molecule has 2 nitrogen and oxygen atoms in total. The molecule has 0 aromatic rings. The Bertz CT molecular complexity index is 175. The summed E-state index contributed by atoms with van der Waals surface area (Å²) < 4.78 is 0. The maximum Gasteiger partial charge on any atom is 0.0668 e. The van der Waals surface area contributed by atoms with Crippen molar-refractivity contribution in [3.8, 4) is 0 Å². The molecule has 2 fully saturated rings. The molecule has 12 heavy (non-hydrogen) atoms. The minimum Gasteiger partial charge on any atom is -0.392 e. The van der Waals surface area contributed by atoms with Crippen LogP contribution in [-0.4, -0.2) is 23.3 Å². The summed E-state index contributed by atoms with van der Waals surface area (Å²) >= 11 is 0. The lowest BCUT2D eigenvalue weighted by molar-refractivity contribution is 0.0635. The lowest BCUT2D eigenvalue weighted by Crippen LogP contribution is -2.51. The van der Waals surface area contributed by atoms with Crippen LogP contribution in [0.15, 0.2) is 0 Å². The summed E-state index contributed by atoms with van der Waals surface area (Å²) in [5.41, 5.74) is 0.438. The third-order valence-corrected chi connectivity index (χ3v) is 3.52. The molecule has 1 spiro atoms. The zero-order chi connectivity index (χ0) is 8.77. The molecule has 2 rings (SSSR count). The van der Waals surface area contributed by atoms with Gasteiger partial charge in [0.2, 0.25) is 0 Å². The number of hydrogen-bond donors (Lipinski definition) is 2. The number of aliphatic hydroxyl groups excluding tert-OH is 1. The van der Waals surface area contributed by atoms with Crippen molar-refractivity contribution in [1.29, 1.82) is 0 Å². The van der Waals surface area contributed by atoms with Crippen LogP contribution >= 0.6 is 0 Å². The van der Waals surface area contributed by atoms with Gasteiger partial charge in [-0.05, 0) is 31.1 Å². The molecule has 0 bridgehead atoms. The Balaban J connectivity index is 2.06. The quantitative estimate of drug-likeness (QED) is 0.617. The van der Waals surface area contributed by atoms with E-state index in [4.69, 9.17) is 0 Å². The molecule has 2 atom stereocenters. The number of aliphatic hydroxyl groups is 1. The van der Waals surface area contributed by atoms with E-state index in [1.54, 1.807) is 0 Å². The molecule has 1 saturated heterocycles. The third kappa shape index (κ3) is 1.27. The molecule has 70 valence electrons. The molecule has 0 aromatic heterocycles. The first-order chi connectivity index (χ1) is 5.64. The van der Waals surface area contributed by atoms with Crippen LogP contribution in [0.5, 0.6) is 0 Å². The molecule has 0 aromatic carbocycles. The van der Waals surface area contributed by atoms with Gasteiger partial charge in [0.15, 0.2) is 0 Å². The van der Waals surface area contributed by atoms with Crippen molar-refractivity contribution in [1.82, 2.24) is 5.32 Å². The van der Waals surface area contributed by atoms with Gasteiger partial charge in [-0.25, -0.2) is 0 Å². The largest absolute Gasteiger partial charge is 0.392 e. The van der Waals surface area contributed by atoms with Crippen LogP contribution in [0.3, 0.4) is 0 Å². The second-order valence-electron chi connectivity index (χ2n) is 4.78. The van der Waals surface area contributed by atoms with E-state index in [1.807, 2.05) is 0 Å². The standard InChI is InChI=1S/C10H19NO/c1-7(2)9-5-8(12)6-11-10(9)3-4-10/h7-9,11-12H,3-6H2,1-2H3. The second-order valence-corrected chi connectivity index (χ2v) is 4.78. The highest BCUT2D eigenvalue weighted by Crippen LogP contribution is 2.49. The molecule has 0 radical (unpaired) electrons. The first-order valence-corrected chi connectivity index (χ1v) is 5.07. The van der Waals surface area contributed by atoms with Gasteiger partial charge >= 0.3 is 0 Å². The lowest BCUT2D eigenvalue weighted by atomic mass is 9.79. The Kier molecular flexibility index (Phi) is 1.92. The molecule has 1 heterocycles. The number of rotatable bonds is 1. The van der Waals surface area contributed by atoms with Crippen molar-refractivity contribution in [2.45, 2.75) is 44.8 Å². The Hall–Kier alpha value is -0.0800. The van der Waals surface area contributed by atoms with E-state index in [-0.39, 0.29) is 6.10 Å². The molecule has 1 aliphatic carbocycles. The summed E-state index contributed by atoms with van der Waals surface area (Å²) in [5.74, 6) is 1.40. The van der Waals surface area contributed by atoms with Crippen molar-refractivity contribution >= 4 is 0 Å². The molecule has 1 saturated carbocycles. The topological polar surface area (TPSA) is 32.3 Å². The summed E-state index contributed by atoms with van der Waals surface area (Å²) in [6.45, 7) is 5.35. The minimum atomic E-state index is -0.108. The summed E-state index contributed by atoms with van der Waals surface area (Å²) in [7, 11) is 0. The molecule has 2 unspecified atom stereocenters. The fraction of sp³-hybridized carbons (Fsp3) is 1.00.